The predicted octanol–water partition coefficient (Wildman–Crippen LogP) is 3.47. The Bertz CT molecular complexity index is 559. The highest BCUT2D eigenvalue weighted by atomic mass is 32.1. The van der Waals surface area contributed by atoms with E-state index in [4.69, 9.17) is 9.31 Å². The van der Waals surface area contributed by atoms with Gasteiger partial charge in [-0.15, -0.1) is 0 Å². The Balaban J connectivity index is 2.31. The number of halogens is 1. The molecule has 0 aliphatic carbocycles. The molecular formula is C15H21BFNO2S. The molecule has 1 aromatic heterocycles. The molecule has 0 amide bonds. The van der Waals surface area contributed by atoms with Crippen LogP contribution in [0.3, 0.4) is 0 Å². The fraction of sp³-hybridized carbons (Fsp3) is 0.533. The highest BCUT2D eigenvalue weighted by molar-refractivity contribution is 7.80. The summed E-state index contributed by atoms with van der Waals surface area (Å²) in [6.07, 6.45) is 1.91. The van der Waals surface area contributed by atoms with Gasteiger partial charge in [0, 0.05) is 11.4 Å². The first-order valence-electron chi connectivity index (χ1n) is 6.96. The van der Waals surface area contributed by atoms with Gasteiger partial charge in [0.05, 0.1) is 11.2 Å². The highest BCUT2D eigenvalue weighted by Crippen LogP contribution is 2.39. The van der Waals surface area contributed by atoms with Crippen molar-refractivity contribution in [2.24, 2.45) is 0 Å². The third-order valence-electron chi connectivity index (χ3n) is 4.17. The van der Waals surface area contributed by atoms with Gasteiger partial charge in [-0.25, -0.2) is 4.98 Å². The normalized spacial score (nSPS) is 20.9. The Morgan fingerprint density at radius 3 is 2.33 bits per heavy atom. The van der Waals surface area contributed by atoms with Gasteiger partial charge in [0.2, 0.25) is 5.95 Å². The Morgan fingerprint density at radius 1 is 1.29 bits per heavy atom. The van der Waals surface area contributed by atoms with Crippen LogP contribution in [-0.4, -0.2) is 29.1 Å². The average molecular weight is 309 g/mol. The molecule has 0 spiro atoms. The maximum Gasteiger partial charge on any atom is 0.491 e. The van der Waals surface area contributed by atoms with Gasteiger partial charge in [0.15, 0.2) is 0 Å². The Morgan fingerprint density at radius 2 is 1.86 bits per heavy atom. The molecule has 0 radical (unpaired) electrons. The van der Waals surface area contributed by atoms with Crippen LogP contribution in [0.15, 0.2) is 17.6 Å². The summed E-state index contributed by atoms with van der Waals surface area (Å²) < 4.78 is 25.1. The summed E-state index contributed by atoms with van der Waals surface area (Å²) in [5.74, 6) is 0.0147. The van der Waals surface area contributed by atoms with E-state index in [-0.39, 0.29) is 0 Å². The third-order valence-corrected chi connectivity index (χ3v) is 4.54. The van der Waals surface area contributed by atoms with Gasteiger partial charge in [0.25, 0.3) is 0 Å². The zero-order valence-electron chi connectivity index (χ0n) is 13.1. The van der Waals surface area contributed by atoms with Crippen LogP contribution >= 0.6 is 12.6 Å². The number of thiol groups is 1. The monoisotopic (exact) mass is 309 g/mol. The molecule has 0 aromatic carbocycles. The SMILES string of the molecule is Cc1nc(F)ccc1C=C(CS)B1OC(C)(C)C(C)(C)O1. The van der Waals surface area contributed by atoms with Crippen LogP contribution in [0.2, 0.25) is 0 Å². The second-order valence-corrected chi connectivity index (χ2v) is 6.59. The highest BCUT2D eigenvalue weighted by Gasteiger charge is 2.52. The van der Waals surface area contributed by atoms with E-state index in [2.05, 4.69) is 17.6 Å². The molecule has 0 unspecified atom stereocenters. The lowest BCUT2D eigenvalue weighted by Gasteiger charge is -2.32. The van der Waals surface area contributed by atoms with Crippen LogP contribution in [0.1, 0.15) is 39.0 Å². The first-order chi connectivity index (χ1) is 9.66. The van der Waals surface area contributed by atoms with Crippen molar-refractivity contribution in [2.45, 2.75) is 45.8 Å². The van der Waals surface area contributed by atoms with Gasteiger partial charge < -0.3 is 9.31 Å². The lowest BCUT2D eigenvalue weighted by Crippen LogP contribution is -2.41. The summed E-state index contributed by atoms with van der Waals surface area (Å²) in [5, 5.41) is 0. The van der Waals surface area contributed by atoms with Crippen molar-refractivity contribution in [1.82, 2.24) is 4.98 Å². The second kappa shape index (κ2) is 5.74. The van der Waals surface area contributed by atoms with Crippen LogP contribution in [0.5, 0.6) is 0 Å². The lowest BCUT2D eigenvalue weighted by atomic mass is 9.78. The van der Waals surface area contributed by atoms with Gasteiger partial charge in [-0.3, -0.25) is 0 Å². The van der Waals surface area contributed by atoms with E-state index in [1.807, 2.05) is 33.8 Å². The molecule has 1 aromatic rings. The molecule has 21 heavy (non-hydrogen) atoms. The number of nitrogens with zero attached hydrogens (tertiary/aromatic N) is 1. The molecular weight excluding hydrogens is 288 g/mol. The third kappa shape index (κ3) is 3.33. The summed E-state index contributed by atoms with van der Waals surface area (Å²) in [4.78, 5) is 3.83. The molecule has 114 valence electrons. The molecule has 1 saturated heterocycles. The summed E-state index contributed by atoms with van der Waals surface area (Å²) in [6.45, 7) is 9.80. The minimum Gasteiger partial charge on any atom is -0.400 e. The number of rotatable bonds is 3. The molecule has 0 atom stereocenters. The molecule has 0 N–H and O–H groups in total. The number of hydrogen-bond acceptors (Lipinski definition) is 4. The summed E-state index contributed by atoms with van der Waals surface area (Å²) >= 11 is 4.37. The zero-order chi connectivity index (χ0) is 15.8. The molecule has 2 heterocycles. The number of hydrogen-bond donors (Lipinski definition) is 1. The Labute approximate surface area is 131 Å². The van der Waals surface area contributed by atoms with E-state index in [0.717, 1.165) is 11.0 Å². The molecule has 3 nitrogen and oxygen atoms in total. The smallest absolute Gasteiger partial charge is 0.400 e. The maximum atomic E-state index is 13.1. The van der Waals surface area contributed by atoms with E-state index in [1.165, 1.54) is 6.07 Å². The van der Waals surface area contributed by atoms with Crippen LogP contribution in [-0.2, 0) is 9.31 Å². The zero-order valence-corrected chi connectivity index (χ0v) is 14.0. The number of aromatic nitrogens is 1. The van der Waals surface area contributed by atoms with Gasteiger partial charge in [-0.2, -0.15) is 17.0 Å². The van der Waals surface area contributed by atoms with E-state index >= 15 is 0 Å². The van der Waals surface area contributed by atoms with Crippen LogP contribution < -0.4 is 0 Å². The number of aryl methyl sites for hydroxylation is 1. The van der Waals surface area contributed by atoms with Crippen molar-refractivity contribution in [3.8, 4) is 0 Å². The summed E-state index contributed by atoms with van der Waals surface area (Å²) in [6, 6.07) is 3.05. The van der Waals surface area contributed by atoms with Crippen molar-refractivity contribution in [1.29, 1.82) is 0 Å². The van der Waals surface area contributed by atoms with Gasteiger partial charge >= 0.3 is 7.12 Å². The molecule has 1 aliphatic rings. The van der Waals surface area contributed by atoms with Crippen LogP contribution in [0.25, 0.3) is 6.08 Å². The van der Waals surface area contributed by atoms with Gasteiger partial charge in [-0.05, 0) is 57.8 Å². The molecule has 1 fully saturated rings. The first-order valence-corrected chi connectivity index (χ1v) is 7.59. The summed E-state index contributed by atoms with van der Waals surface area (Å²) in [7, 11) is -0.447. The van der Waals surface area contributed by atoms with Crippen molar-refractivity contribution < 1.29 is 13.7 Å². The van der Waals surface area contributed by atoms with E-state index in [0.29, 0.717) is 11.4 Å². The van der Waals surface area contributed by atoms with Crippen molar-refractivity contribution in [2.75, 3.05) is 5.75 Å². The first kappa shape index (κ1) is 16.5. The topological polar surface area (TPSA) is 31.4 Å². The maximum absolute atomic E-state index is 13.1. The molecule has 2 rings (SSSR count). The average Bonchev–Trinajstić information content (AvgIpc) is 2.57. The fourth-order valence-corrected chi connectivity index (χ4v) is 2.32. The van der Waals surface area contributed by atoms with E-state index in [1.54, 1.807) is 13.0 Å². The van der Waals surface area contributed by atoms with E-state index in [9.17, 15) is 4.39 Å². The Hall–Kier alpha value is -0.845. The van der Waals surface area contributed by atoms with Crippen molar-refractivity contribution >= 4 is 25.8 Å². The van der Waals surface area contributed by atoms with E-state index < -0.39 is 24.3 Å². The predicted molar refractivity (Wildman–Crippen MR) is 86.8 cm³/mol. The lowest BCUT2D eigenvalue weighted by molar-refractivity contribution is 0.00578. The molecule has 0 bridgehead atoms. The quantitative estimate of drug-likeness (QED) is 0.527. The molecule has 1 aliphatic heterocycles. The van der Waals surface area contributed by atoms with Crippen molar-refractivity contribution in [3.05, 3.63) is 34.8 Å². The minimum absolute atomic E-state index is 0.393. The summed E-state index contributed by atoms with van der Waals surface area (Å²) in [5.41, 5.74) is 1.58. The standard InChI is InChI=1S/C15H21BFNO2S/c1-10-11(6-7-13(17)18-10)8-12(9-21)16-19-14(2,3)15(4,5)20-16/h6-8,21H,9H2,1-5H3. The minimum atomic E-state index is -0.479. The second-order valence-electron chi connectivity index (χ2n) is 6.27. The fourth-order valence-electron chi connectivity index (χ4n) is 2.08. The van der Waals surface area contributed by atoms with Gasteiger partial charge in [0.1, 0.15) is 0 Å². The van der Waals surface area contributed by atoms with Crippen LogP contribution in [0, 0.1) is 12.9 Å². The molecule has 6 heteroatoms. The molecule has 0 saturated carbocycles. The van der Waals surface area contributed by atoms with Crippen LogP contribution in [0.4, 0.5) is 4.39 Å². The van der Waals surface area contributed by atoms with Crippen molar-refractivity contribution in [3.63, 3.8) is 0 Å². The number of pyridine rings is 1. The van der Waals surface area contributed by atoms with Gasteiger partial charge in [-0.1, -0.05) is 6.08 Å². The Kier molecular flexibility index (Phi) is 4.52. The largest absolute Gasteiger partial charge is 0.491 e.